The molecule has 0 aromatic carbocycles. The van der Waals surface area contributed by atoms with Crippen LogP contribution in [0.3, 0.4) is 0 Å². The number of furan rings is 1. The quantitative estimate of drug-likeness (QED) is 0.907. The van der Waals surface area contributed by atoms with Gasteiger partial charge in [0.25, 0.3) is 0 Å². The van der Waals surface area contributed by atoms with Crippen molar-refractivity contribution < 1.29 is 4.42 Å². The van der Waals surface area contributed by atoms with E-state index in [4.69, 9.17) is 9.40 Å². The lowest BCUT2D eigenvalue weighted by atomic mass is 10.2. The smallest absolute Gasteiger partial charge is 0.137 e. The molecule has 20 heavy (non-hydrogen) atoms. The van der Waals surface area contributed by atoms with E-state index >= 15 is 0 Å². The largest absolute Gasteiger partial charge is 0.467 e. The minimum atomic E-state index is 0.290. The van der Waals surface area contributed by atoms with Crippen molar-refractivity contribution in [2.24, 2.45) is 0 Å². The lowest BCUT2D eigenvalue weighted by Gasteiger charge is -2.22. The van der Waals surface area contributed by atoms with Gasteiger partial charge >= 0.3 is 0 Å². The van der Waals surface area contributed by atoms with Gasteiger partial charge in [-0.2, -0.15) is 0 Å². The molecule has 0 fully saturated rings. The van der Waals surface area contributed by atoms with Crippen molar-refractivity contribution in [2.45, 2.75) is 33.2 Å². The predicted octanol–water partition coefficient (Wildman–Crippen LogP) is 3.18. The number of rotatable bonds is 5. The van der Waals surface area contributed by atoms with Crippen molar-refractivity contribution in [1.82, 2.24) is 9.97 Å². The van der Waals surface area contributed by atoms with Gasteiger partial charge in [0.15, 0.2) is 0 Å². The van der Waals surface area contributed by atoms with E-state index in [-0.39, 0.29) is 0 Å². The highest BCUT2D eigenvalue weighted by Gasteiger charge is 2.16. The Hall–Kier alpha value is -2.04. The monoisotopic (exact) mass is 274 g/mol. The molecule has 2 aromatic heterocycles. The summed E-state index contributed by atoms with van der Waals surface area (Å²) in [5.41, 5.74) is 1.05. The molecular formula is C15H22N4O. The fraction of sp³-hybridized carbons (Fsp3) is 0.467. The zero-order valence-electron chi connectivity index (χ0n) is 12.8. The van der Waals surface area contributed by atoms with Crippen LogP contribution in [0.2, 0.25) is 0 Å². The molecule has 2 aromatic rings. The minimum absolute atomic E-state index is 0.290. The van der Waals surface area contributed by atoms with E-state index in [2.05, 4.69) is 29.0 Å². The molecule has 1 N–H and O–H groups in total. The van der Waals surface area contributed by atoms with Gasteiger partial charge in [-0.25, -0.2) is 9.97 Å². The molecule has 0 aliphatic carbocycles. The molecule has 0 spiro atoms. The third kappa shape index (κ3) is 2.92. The van der Waals surface area contributed by atoms with E-state index < -0.39 is 0 Å². The summed E-state index contributed by atoms with van der Waals surface area (Å²) in [6.45, 7) is 6.91. The van der Waals surface area contributed by atoms with Gasteiger partial charge < -0.3 is 14.6 Å². The topological polar surface area (TPSA) is 54.2 Å². The first-order valence-electron chi connectivity index (χ1n) is 6.82. The number of hydrogen-bond donors (Lipinski definition) is 1. The van der Waals surface area contributed by atoms with Crippen molar-refractivity contribution in [3.63, 3.8) is 0 Å². The summed E-state index contributed by atoms with van der Waals surface area (Å²) in [6, 6.07) is 3.87. The first-order chi connectivity index (χ1) is 9.52. The predicted molar refractivity (Wildman–Crippen MR) is 81.2 cm³/mol. The Morgan fingerprint density at radius 3 is 2.65 bits per heavy atom. The number of nitrogens with zero attached hydrogens (tertiary/aromatic N) is 3. The Morgan fingerprint density at radius 1 is 1.35 bits per heavy atom. The van der Waals surface area contributed by atoms with E-state index in [1.165, 1.54) is 0 Å². The van der Waals surface area contributed by atoms with Gasteiger partial charge in [0.1, 0.15) is 23.2 Å². The van der Waals surface area contributed by atoms with Gasteiger partial charge in [-0.15, -0.1) is 0 Å². The molecule has 2 rings (SSSR count). The second-order valence-electron chi connectivity index (χ2n) is 5.22. The Kier molecular flexibility index (Phi) is 4.27. The van der Waals surface area contributed by atoms with Gasteiger partial charge in [0, 0.05) is 25.6 Å². The summed E-state index contributed by atoms with van der Waals surface area (Å²) >= 11 is 0. The Bertz CT molecular complexity index is 564. The molecule has 5 heteroatoms. The molecule has 0 atom stereocenters. The van der Waals surface area contributed by atoms with E-state index in [1.807, 2.05) is 33.2 Å². The lowest BCUT2D eigenvalue weighted by Crippen LogP contribution is -2.20. The minimum Gasteiger partial charge on any atom is -0.467 e. The average molecular weight is 274 g/mol. The van der Waals surface area contributed by atoms with E-state index in [0.717, 1.165) is 28.8 Å². The summed E-state index contributed by atoms with van der Waals surface area (Å²) in [5, 5.41) is 3.14. The summed E-state index contributed by atoms with van der Waals surface area (Å²) in [7, 11) is 3.90. The highest BCUT2D eigenvalue weighted by atomic mass is 16.3. The molecule has 0 aliphatic rings. The van der Waals surface area contributed by atoms with Crippen LogP contribution in [-0.4, -0.2) is 24.1 Å². The van der Waals surface area contributed by atoms with Crippen molar-refractivity contribution in [1.29, 1.82) is 0 Å². The van der Waals surface area contributed by atoms with Crippen molar-refractivity contribution in [2.75, 3.05) is 24.3 Å². The molecule has 0 bridgehead atoms. The van der Waals surface area contributed by atoms with Gasteiger partial charge in [-0.05, 0) is 19.1 Å². The zero-order valence-corrected chi connectivity index (χ0v) is 12.8. The van der Waals surface area contributed by atoms with Crippen LogP contribution in [-0.2, 0) is 6.54 Å². The second-order valence-corrected chi connectivity index (χ2v) is 5.22. The first-order valence-corrected chi connectivity index (χ1v) is 6.82. The SMILES string of the molecule is CNc1nc(C(C)C)nc(N(C)Cc2ccco2)c1C. The highest BCUT2D eigenvalue weighted by Crippen LogP contribution is 2.26. The van der Waals surface area contributed by atoms with Crippen molar-refractivity contribution in [3.8, 4) is 0 Å². The maximum Gasteiger partial charge on any atom is 0.137 e. The van der Waals surface area contributed by atoms with Crippen molar-refractivity contribution in [3.05, 3.63) is 35.5 Å². The maximum atomic E-state index is 5.40. The molecule has 0 saturated carbocycles. The fourth-order valence-electron chi connectivity index (χ4n) is 2.11. The van der Waals surface area contributed by atoms with Crippen LogP contribution >= 0.6 is 0 Å². The lowest BCUT2D eigenvalue weighted by molar-refractivity contribution is 0.506. The summed E-state index contributed by atoms with van der Waals surface area (Å²) in [6.07, 6.45) is 1.69. The van der Waals surface area contributed by atoms with Crippen LogP contribution in [0.5, 0.6) is 0 Å². The number of aromatic nitrogens is 2. The zero-order chi connectivity index (χ0) is 14.7. The van der Waals surface area contributed by atoms with Gasteiger partial charge in [-0.1, -0.05) is 13.8 Å². The standard InChI is InChI=1S/C15H22N4O/c1-10(2)13-17-14(16-4)11(3)15(18-13)19(5)9-12-7-6-8-20-12/h6-8,10H,9H2,1-5H3,(H,16,17,18). The third-order valence-electron chi connectivity index (χ3n) is 3.23. The molecule has 5 nitrogen and oxygen atoms in total. The van der Waals surface area contributed by atoms with Gasteiger partial charge in [-0.3, -0.25) is 0 Å². The average Bonchev–Trinajstić information content (AvgIpc) is 2.91. The molecule has 108 valence electrons. The molecule has 2 heterocycles. The molecule has 0 aliphatic heterocycles. The molecule has 0 saturated heterocycles. The molecule has 0 unspecified atom stereocenters. The van der Waals surface area contributed by atoms with Crippen molar-refractivity contribution >= 4 is 11.6 Å². The third-order valence-corrected chi connectivity index (χ3v) is 3.23. The number of hydrogen-bond acceptors (Lipinski definition) is 5. The van der Waals surface area contributed by atoms with Gasteiger partial charge in [0.2, 0.25) is 0 Å². The van der Waals surface area contributed by atoms with E-state index in [1.54, 1.807) is 6.26 Å². The van der Waals surface area contributed by atoms with Crippen LogP contribution < -0.4 is 10.2 Å². The van der Waals surface area contributed by atoms with Crippen LogP contribution in [0, 0.1) is 6.92 Å². The molecule has 0 amide bonds. The molecular weight excluding hydrogens is 252 g/mol. The summed E-state index contributed by atoms with van der Waals surface area (Å²) in [4.78, 5) is 11.3. The summed E-state index contributed by atoms with van der Waals surface area (Å²) in [5.74, 6) is 3.87. The number of anilines is 2. The van der Waals surface area contributed by atoms with Gasteiger partial charge in [0.05, 0.1) is 12.8 Å². The number of nitrogens with one attached hydrogen (secondary N) is 1. The normalized spacial score (nSPS) is 10.9. The van der Waals surface area contributed by atoms with E-state index in [0.29, 0.717) is 12.5 Å². The first kappa shape index (κ1) is 14.4. The highest BCUT2D eigenvalue weighted by molar-refractivity contribution is 5.58. The summed E-state index contributed by atoms with van der Waals surface area (Å²) < 4.78 is 5.40. The maximum absolute atomic E-state index is 5.40. The van der Waals surface area contributed by atoms with Crippen LogP contribution in [0.1, 0.15) is 36.9 Å². The van der Waals surface area contributed by atoms with Crippen LogP contribution in [0.25, 0.3) is 0 Å². The van der Waals surface area contributed by atoms with E-state index in [9.17, 15) is 0 Å². The Labute approximate surface area is 120 Å². The van der Waals surface area contributed by atoms with Crippen LogP contribution in [0.15, 0.2) is 22.8 Å². The Balaban J connectivity index is 2.36. The second kappa shape index (κ2) is 5.94. The fourth-order valence-corrected chi connectivity index (χ4v) is 2.11. The molecule has 0 radical (unpaired) electrons. The Morgan fingerprint density at radius 2 is 2.10 bits per heavy atom. The van der Waals surface area contributed by atoms with Crippen LogP contribution in [0.4, 0.5) is 11.6 Å².